The van der Waals surface area contributed by atoms with Gasteiger partial charge in [0, 0.05) is 22.8 Å². The summed E-state index contributed by atoms with van der Waals surface area (Å²) in [5, 5.41) is 19.4. The maximum Gasteiger partial charge on any atom is 0.108 e. The number of nitrogens with two attached hydrogens (primary N) is 2. The Bertz CT molecular complexity index is 320. The van der Waals surface area contributed by atoms with Gasteiger partial charge in [0.25, 0.3) is 0 Å². The summed E-state index contributed by atoms with van der Waals surface area (Å²) < 4.78 is 0. The molecular weight excluding hydrogens is 204 g/mol. The quantitative estimate of drug-likeness (QED) is 0.546. The van der Waals surface area contributed by atoms with Gasteiger partial charge in [-0.15, -0.1) is 0 Å². The van der Waals surface area contributed by atoms with Gasteiger partial charge in [-0.2, -0.15) is 0 Å². The molecule has 0 fully saturated rings. The zero-order chi connectivity index (χ0) is 10.7. The average molecular weight is 217 g/mol. The molecule has 0 spiro atoms. The molecule has 0 aliphatic carbocycles. The van der Waals surface area contributed by atoms with Crippen molar-refractivity contribution in [3.05, 3.63) is 28.8 Å². The third-order valence-corrected chi connectivity index (χ3v) is 2.21. The predicted molar refractivity (Wildman–Crippen MR) is 55.9 cm³/mol. The Morgan fingerprint density at radius 2 is 2.00 bits per heavy atom. The minimum absolute atomic E-state index is 0.0346. The third-order valence-electron chi connectivity index (χ3n) is 1.97. The monoisotopic (exact) mass is 216 g/mol. The molecule has 0 radical (unpaired) electrons. The Hall–Kier alpha value is -0.810. The van der Waals surface area contributed by atoms with Gasteiger partial charge < -0.3 is 21.7 Å². The first-order chi connectivity index (χ1) is 6.56. The molecule has 0 bridgehead atoms. The summed E-state index contributed by atoms with van der Waals surface area (Å²) in [7, 11) is 0. The van der Waals surface area contributed by atoms with Crippen LogP contribution in [0.15, 0.2) is 18.2 Å². The minimum Gasteiger partial charge on any atom is -0.398 e. The highest BCUT2D eigenvalue weighted by Crippen LogP contribution is 2.26. The Balaban J connectivity index is 2.99. The summed E-state index contributed by atoms with van der Waals surface area (Å²) in [5.74, 6) is 0. The van der Waals surface area contributed by atoms with Crippen LogP contribution in [0.4, 0.5) is 5.69 Å². The second-order valence-electron chi connectivity index (χ2n) is 3.02. The number of halogens is 1. The second-order valence-corrected chi connectivity index (χ2v) is 3.46. The zero-order valence-corrected chi connectivity index (χ0v) is 8.28. The predicted octanol–water partition coefficient (Wildman–Crippen LogP) is 0.275. The zero-order valence-electron chi connectivity index (χ0n) is 7.52. The molecule has 78 valence electrons. The molecule has 1 rings (SSSR count). The Morgan fingerprint density at radius 3 is 2.57 bits per heavy atom. The van der Waals surface area contributed by atoms with Crippen LogP contribution in [0.25, 0.3) is 0 Å². The number of nitrogen functional groups attached to an aromatic ring is 1. The number of benzene rings is 1. The summed E-state index contributed by atoms with van der Waals surface area (Å²) in [5.41, 5.74) is 11.6. The molecular formula is C9H13ClN2O2. The number of hydrogen-bond acceptors (Lipinski definition) is 4. The third kappa shape index (κ3) is 2.36. The maximum atomic E-state index is 9.63. The molecule has 1 aromatic rings. The fraction of sp³-hybridized carbons (Fsp3) is 0.333. The molecule has 5 heteroatoms. The van der Waals surface area contributed by atoms with E-state index in [-0.39, 0.29) is 6.54 Å². The van der Waals surface area contributed by atoms with Crippen LogP contribution in [-0.4, -0.2) is 22.9 Å². The van der Waals surface area contributed by atoms with Crippen LogP contribution in [0, 0.1) is 0 Å². The largest absolute Gasteiger partial charge is 0.398 e. The molecule has 4 nitrogen and oxygen atoms in total. The number of aliphatic hydroxyl groups excluding tert-OH is 2. The number of anilines is 1. The summed E-state index contributed by atoms with van der Waals surface area (Å²) in [4.78, 5) is 0. The first-order valence-electron chi connectivity index (χ1n) is 4.17. The topological polar surface area (TPSA) is 92.5 Å². The molecule has 0 heterocycles. The summed E-state index contributed by atoms with van der Waals surface area (Å²) in [6.07, 6.45) is -2.13. The van der Waals surface area contributed by atoms with Crippen LogP contribution in [0.1, 0.15) is 11.7 Å². The van der Waals surface area contributed by atoms with Gasteiger partial charge in [0.2, 0.25) is 0 Å². The van der Waals surface area contributed by atoms with Crippen LogP contribution >= 0.6 is 11.6 Å². The fourth-order valence-electron chi connectivity index (χ4n) is 1.14. The number of hydrogen-bond donors (Lipinski definition) is 4. The van der Waals surface area contributed by atoms with Crippen LogP contribution in [0.3, 0.4) is 0 Å². The highest BCUT2D eigenvalue weighted by atomic mass is 35.5. The molecule has 0 aliphatic rings. The van der Waals surface area contributed by atoms with E-state index < -0.39 is 12.2 Å². The first kappa shape index (κ1) is 11.3. The molecule has 2 atom stereocenters. The van der Waals surface area contributed by atoms with E-state index in [4.69, 9.17) is 23.1 Å². The van der Waals surface area contributed by atoms with Gasteiger partial charge in [0.1, 0.15) is 6.10 Å². The Morgan fingerprint density at radius 1 is 1.36 bits per heavy atom. The smallest absolute Gasteiger partial charge is 0.108 e. The molecule has 0 aromatic heterocycles. The van der Waals surface area contributed by atoms with Crippen molar-refractivity contribution in [2.75, 3.05) is 12.3 Å². The maximum absolute atomic E-state index is 9.63. The van der Waals surface area contributed by atoms with Crippen molar-refractivity contribution in [2.24, 2.45) is 5.73 Å². The van der Waals surface area contributed by atoms with Crippen LogP contribution in [0.2, 0.25) is 5.02 Å². The Kier molecular flexibility index (Phi) is 3.71. The average Bonchev–Trinajstić information content (AvgIpc) is 2.19. The molecule has 1 aromatic carbocycles. The van der Waals surface area contributed by atoms with Crippen LogP contribution in [0.5, 0.6) is 0 Å². The van der Waals surface area contributed by atoms with Gasteiger partial charge in [-0.3, -0.25) is 0 Å². The standard InChI is InChI=1S/C9H13ClN2O2/c10-5-1-2-7(12)6(3-5)9(14)8(13)4-11/h1-3,8-9,13-14H,4,11-12H2. The molecule has 0 amide bonds. The van der Waals surface area contributed by atoms with Gasteiger partial charge in [0.15, 0.2) is 0 Å². The van der Waals surface area contributed by atoms with Crippen molar-refractivity contribution >= 4 is 17.3 Å². The van der Waals surface area contributed by atoms with Crippen LogP contribution in [-0.2, 0) is 0 Å². The van der Waals surface area contributed by atoms with Gasteiger partial charge in [-0.1, -0.05) is 11.6 Å². The van der Waals surface area contributed by atoms with Crippen molar-refractivity contribution < 1.29 is 10.2 Å². The van der Waals surface area contributed by atoms with Crippen molar-refractivity contribution in [3.63, 3.8) is 0 Å². The highest BCUT2D eigenvalue weighted by molar-refractivity contribution is 6.30. The van der Waals surface area contributed by atoms with E-state index in [1.165, 1.54) is 6.07 Å². The van der Waals surface area contributed by atoms with E-state index in [0.717, 1.165) is 0 Å². The molecule has 0 aliphatic heterocycles. The highest BCUT2D eigenvalue weighted by Gasteiger charge is 2.19. The molecule has 14 heavy (non-hydrogen) atoms. The summed E-state index contributed by atoms with van der Waals surface area (Å²) in [6.45, 7) is -0.0346. The lowest BCUT2D eigenvalue weighted by Crippen LogP contribution is -2.27. The van der Waals surface area contributed by atoms with E-state index in [2.05, 4.69) is 0 Å². The van der Waals surface area contributed by atoms with Gasteiger partial charge in [-0.25, -0.2) is 0 Å². The van der Waals surface area contributed by atoms with Crippen LogP contribution < -0.4 is 11.5 Å². The molecule has 0 saturated heterocycles. The summed E-state index contributed by atoms with van der Waals surface area (Å²) >= 11 is 5.73. The fourth-order valence-corrected chi connectivity index (χ4v) is 1.32. The van der Waals surface area contributed by atoms with Crippen molar-refractivity contribution in [2.45, 2.75) is 12.2 Å². The molecule has 0 saturated carbocycles. The molecule has 2 unspecified atom stereocenters. The number of rotatable bonds is 3. The number of aliphatic hydroxyl groups is 2. The van der Waals surface area contributed by atoms with E-state index in [9.17, 15) is 10.2 Å². The first-order valence-corrected chi connectivity index (χ1v) is 4.55. The van der Waals surface area contributed by atoms with E-state index in [1.807, 2.05) is 0 Å². The van der Waals surface area contributed by atoms with E-state index in [0.29, 0.717) is 16.3 Å². The van der Waals surface area contributed by atoms with E-state index in [1.54, 1.807) is 12.1 Å². The second kappa shape index (κ2) is 4.61. The minimum atomic E-state index is -1.10. The lowest BCUT2D eigenvalue weighted by molar-refractivity contribution is 0.0248. The van der Waals surface area contributed by atoms with E-state index >= 15 is 0 Å². The van der Waals surface area contributed by atoms with Gasteiger partial charge in [0.05, 0.1) is 6.10 Å². The lowest BCUT2D eigenvalue weighted by atomic mass is 10.0. The van der Waals surface area contributed by atoms with Gasteiger partial charge >= 0.3 is 0 Å². The van der Waals surface area contributed by atoms with Crippen molar-refractivity contribution in [3.8, 4) is 0 Å². The van der Waals surface area contributed by atoms with Crippen molar-refractivity contribution in [1.29, 1.82) is 0 Å². The Labute approximate surface area is 87.1 Å². The molecule has 6 N–H and O–H groups in total. The van der Waals surface area contributed by atoms with Crippen molar-refractivity contribution in [1.82, 2.24) is 0 Å². The lowest BCUT2D eigenvalue weighted by Gasteiger charge is -2.18. The SMILES string of the molecule is NCC(O)C(O)c1cc(Cl)ccc1N. The van der Waals surface area contributed by atoms with Gasteiger partial charge in [-0.05, 0) is 18.2 Å². The summed E-state index contributed by atoms with van der Waals surface area (Å²) in [6, 6.07) is 4.70. The normalized spacial score (nSPS) is 15.1.